The second kappa shape index (κ2) is 13.2. The fraction of sp³-hybridized carbons (Fsp3) is 0.667. The number of nitriles is 1. The predicted octanol–water partition coefficient (Wildman–Crippen LogP) is 5.45. The first kappa shape index (κ1) is 32.2. The number of hydrogen-bond donors (Lipinski definition) is 0. The number of aldehydes is 1. The van der Waals surface area contributed by atoms with E-state index in [4.69, 9.17) is 24.2 Å². The first-order chi connectivity index (χ1) is 22.1. The predicted molar refractivity (Wildman–Crippen MR) is 170 cm³/mol. The minimum absolute atomic E-state index is 0.0237. The highest BCUT2D eigenvalue weighted by atomic mass is 16.5. The van der Waals surface area contributed by atoms with Crippen LogP contribution in [0.25, 0.3) is 11.0 Å². The minimum atomic E-state index is -0.869. The molecule has 4 bridgehead atoms. The van der Waals surface area contributed by atoms with Crippen LogP contribution in [0.15, 0.2) is 18.2 Å². The van der Waals surface area contributed by atoms with Crippen molar-refractivity contribution in [2.75, 3.05) is 13.7 Å². The summed E-state index contributed by atoms with van der Waals surface area (Å²) in [4.78, 5) is 51.8. The topological polar surface area (TPSA) is 132 Å². The maximum atomic E-state index is 14.3. The number of fused-ring (bicyclic) bond motifs is 9. The molecular formula is C36H46N4O6. The largest absolute Gasteiger partial charge is 0.497 e. The SMILES string of the molecule is COc1ccc2nc3c(nc2c1)O[C@H]1CN(C(=O)[C@H](C(C)(C)C)CC(=O)O[C@@H]2[C@H]4CC[C@H](C4)[C@H]2CCCCC3)[C@H](C=O)[C@@H]1CC#N. The van der Waals surface area contributed by atoms with Crippen molar-refractivity contribution in [2.24, 2.45) is 35.0 Å². The average molecular weight is 631 g/mol. The molecule has 6 rings (SSSR count). The molecule has 0 radical (unpaired) electrons. The molecule has 1 aromatic carbocycles. The number of rotatable bonds is 3. The summed E-state index contributed by atoms with van der Waals surface area (Å²) in [5.41, 5.74) is 1.50. The molecule has 8 atom stereocenters. The number of hydrogen-bond acceptors (Lipinski definition) is 9. The Morgan fingerprint density at radius 3 is 2.61 bits per heavy atom. The molecule has 46 heavy (non-hydrogen) atoms. The van der Waals surface area contributed by atoms with Crippen LogP contribution in [-0.2, 0) is 25.5 Å². The molecule has 0 N–H and O–H groups in total. The van der Waals surface area contributed by atoms with Gasteiger partial charge < -0.3 is 23.9 Å². The molecular weight excluding hydrogens is 584 g/mol. The number of esters is 1. The van der Waals surface area contributed by atoms with Crippen LogP contribution in [0.4, 0.5) is 0 Å². The average Bonchev–Trinajstić information content (AvgIpc) is 3.72. The summed E-state index contributed by atoms with van der Waals surface area (Å²) < 4.78 is 18.2. The summed E-state index contributed by atoms with van der Waals surface area (Å²) in [7, 11) is 1.60. The number of amides is 1. The van der Waals surface area contributed by atoms with Gasteiger partial charge in [-0.3, -0.25) is 9.59 Å². The highest BCUT2D eigenvalue weighted by molar-refractivity contribution is 5.87. The molecule has 2 aliphatic carbocycles. The number of aryl methyl sites for hydroxylation is 1. The van der Waals surface area contributed by atoms with Crippen molar-refractivity contribution < 1.29 is 28.6 Å². The van der Waals surface area contributed by atoms with E-state index in [-0.39, 0.29) is 37.4 Å². The zero-order chi connectivity index (χ0) is 32.6. The standard InChI is InChI=1S/C36H46N4O6/c1-36(2,3)26-18-32(42)46-33-22-11-10-21(16-22)24(33)8-6-5-7-9-28-34(39-29-17-23(44-4)12-13-27(29)38-28)45-31-19-40(35(26)43)30(20-41)25(31)14-15-37/h12-13,17,20-22,24-26,30-31,33H,5-11,14,16,18-19H2,1-4H3/t21-,22+,24-,25+,26-,30-,31+,33-/m1/s1. The monoisotopic (exact) mass is 630 g/mol. The Balaban J connectivity index is 1.38. The van der Waals surface area contributed by atoms with Gasteiger partial charge in [-0.2, -0.15) is 5.26 Å². The first-order valence-corrected chi connectivity index (χ1v) is 16.9. The summed E-state index contributed by atoms with van der Waals surface area (Å²) in [6.45, 7) is 5.91. The van der Waals surface area contributed by atoms with E-state index in [1.807, 2.05) is 39.0 Å². The van der Waals surface area contributed by atoms with Crippen LogP contribution in [0, 0.1) is 46.3 Å². The lowest BCUT2D eigenvalue weighted by Crippen LogP contribution is -2.46. The molecule has 4 aliphatic rings. The minimum Gasteiger partial charge on any atom is -0.497 e. The van der Waals surface area contributed by atoms with Crippen molar-refractivity contribution >= 4 is 29.2 Å². The summed E-state index contributed by atoms with van der Waals surface area (Å²) >= 11 is 0. The Labute approximate surface area is 271 Å². The van der Waals surface area contributed by atoms with E-state index in [1.54, 1.807) is 7.11 Å². The number of ether oxygens (including phenoxy) is 3. The number of carbonyl (C=O) groups excluding carboxylic acids is 3. The molecule has 2 saturated carbocycles. The fourth-order valence-corrected chi connectivity index (χ4v) is 8.50. The van der Waals surface area contributed by atoms with Crippen LogP contribution in [0.1, 0.15) is 84.3 Å². The molecule has 0 unspecified atom stereocenters. The molecule has 3 fully saturated rings. The zero-order valence-electron chi connectivity index (χ0n) is 27.4. The number of methoxy groups -OCH3 is 1. The van der Waals surface area contributed by atoms with E-state index in [1.165, 1.54) is 11.3 Å². The summed E-state index contributed by atoms with van der Waals surface area (Å²) in [5.74, 6) is 0.433. The quantitative estimate of drug-likeness (QED) is 0.321. The second-order valence-corrected chi connectivity index (χ2v) is 14.8. The van der Waals surface area contributed by atoms with E-state index < -0.39 is 29.4 Å². The highest BCUT2D eigenvalue weighted by Crippen LogP contribution is 2.52. The van der Waals surface area contributed by atoms with Gasteiger partial charge in [0.25, 0.3) is 0 Å². The van der Waals surface area contributed by atoms with Crippen molar-refractivity contribution in [3.63, 3.8) is 0 Å². The molecule has 10 nitrogen and oxygen atoms in total. The third-order valence-electron chi connectivity index (χ3n) is 11.0. The molecule has 3 heterocycles. The Hall–Kier alpha value is -3.74. The third kappa shape index (κ3) is 6.30. The Morgan fingerprint density at radius 2 is 1.87 bits per heavy atom. The number of nitrogens with zero attached hydrogens (tertiary/aromatic N) is 4. The van der Waals surface area contributed by atoms with Crippen molar-refractivity contribution in [3.8, 4) is 17.7 Å². The first-order valence-electron chi connectivity index (χ1n) is 16.9. The van der Waals surface area contributed by atoms with Crippen LogP contribution >= 0.6 is 0 Å². The molecule has 1 aromatic heterocycles. The molecule has 1 amide bonds. The lowest BCUT2D eigenvalue weighted by Gasteiger charge is -2.35. The van der Waals surface area contributed by atoms with E-state index in [2.05, 4.69) is 6.07 Å². The van der Waals surface area contributed by atoms with Crippen LogP contribution in [0.2, 0.25) is 0 Å². The van der Waals surface area contributed by atoms with E-state index >= 15 is 0 Å². The van der Waals surface area contributed by atoms with E-state index in [0.29, 0.717) is 41.3 Å². The van der Waals surface area contributed by atoms with Gasteiger partial charge in [0.05, 0.1) is 49.1 Å². The van der Waals surface area contributed by atoms with Crippen molar-refractivity contribution in [1.29, 1.82) is 5.26 Å². The number of aromatic nitrogens is 2. The van der Waals surface area contributed by atoms with Gasteiger partial charge >= 0.3 is 5.97 Å². The Morgan fingerprint density at radius 1 is 1.07 bits per heavy atom. The second-order valence-electron chi connectivity index (χ2n) is 14.8. The van der Waals surface area contributed by atoms with Crippen LogP contribution in [0.3, 0.4) is 0 Å². The van der Waals surface area contributed by atoms with Gasteiger partial charge in [-0.1, -0.05) is 33.6 Å². The fourth-order valence-electron chi connectivity index (χ4n) is 8.50. The maximum Gasteiger partial charge on any atom is 0.306 e. The summed E-state index contributed by atoms with van der Waals surface area (Å²) in [5, 5.41) is 9.76. The Bertz CT molecular complexity index is 1510. The smallest absolute Gasteiger partial charge is 0.306 e. The third-order valence-corrected chi connectivity index (χ3v) is 11.0. The van der Waals surface area contributed by atoms with Gasteiger partial charge in [0, 0.05) is 18.4 Å². The highest BCUT2D eigenvalue weighted by Gasteiger charge is 2.51. The van der Waals surface area contributed by atoms with Crippen molar-refractivity contribution in [2.45, 2.75) is 103 Å². The molecule has 1 saturated heterocycles. The maximum absolute atomic E-state index is 14.3. The number of carbonyl (C=O) groups is 3. The van der Waals surface area contributed by atoms with Crippen LogP contribution in [-0.4, -0.2) is 64.9 Å². The van der Waals surface area contributed by atoms with Gasteiger partial charge in [0.15, 0.2) is 0 Å². The number of benzene rings is 1. The van der Waals surface area contributed by atoms with Crippen molar-refractivity contribution in [1.82, 2.24) is 14.9 Å². The Kier molecular flexibility index (Phi) is 9.22. The summed E-state index contributed by atoms with van der Waals surface area (Å²) in [6.07, 6.45) is 7.93. The molecule has 0 spiro atoms. The normalized spacial score (nSPS) is 32.0. The molecule has 10 heteroatoms. The molecule has 246 valence electrons. The lowest BCUT2D eigenvalue weighted by atomic mass is 9.77. The van der Waals surface area contributed by atoms with E-state index in [9.17, 15) is 19.6 Å². The lowest BCUT2D eigenvalue weighted by molar-refractivity contribution is -0.160. The van der Waals surface area contributed by atoms with Gasteiger partial charge in [0.2, 0.25) is 11.8 Å². The van der Waals surface area contributed by atoms with Gasteiger partial charge in [-0.05, 0) is 73.8 Å². The summed E-state index contributed by atoms with van der Waals surface area (Å²) in [6, 6.07) is 6.87. The van der Waals surface area contributed by atoms with Gasteiger partial charge in [-0.15, -0.1) is 0 Å². The van der Waals surface area contributed by atoms with Gasteiger partial charge in [-0.25, -0.2) is 9.97 Å². The zero-order valence-corrected chi connectivity index (χ0v) is 27.4. The van der Waals surface area contributed by atoms with Crippen LogP contribution in [0.5, 0.6) is 11.6 Å². The van der Waals surface area contributed by atoms with Crippen molar-refractivity contribution in [3.05, 3.63) is 23.9 Å². The van der Waals surface area contributed by atoms with E-state index in [0.717, 1.165) is 56.0 Å². The molecule has 2 aliphatic heterocycles. The van der Waals surface area contributed by atoms with Gasteiger partial charge in [0.1, 0.15) is 29.9 Å². The molecule has 2 aromatic rings. The van der Waals surface area contributed by atoms with Crippen LogP contribution < -0.4 is 9.47 Å².